The van der Waals surface area contributed by atoms with E-state index in [9.17, 15) is 4.79 Å². The number of Topliss-reactive ketones (excluding diaryl/α,β-unsaturated/α-hetero) is 1. The molecule has 0 saturated carbocycles. The molecular weight excluding hydrogens is 246 g/mol. The molecule has 1 aromatic carbocycles. The van der Waals surface area contributed by atoms with Gasteiger partial charge in [0.2, 0.25) is 0 Å². The lowest BCUT2D eigenvalue weighted by molar-refractivity contribution is -0.117. The molecular formula is C18H35NO. The van der Waals surface area contributed by atoms with Crippen LogP contribution in [0.15, 0.2) is 30.3 Å². The molecule has 1 rings (SSSR count). The van der Waals surface area contributed by atoms with E-state index in [1.54, 1.807) is 6.92 Å². The Morgan fingerprint density at radius 2 is 1.55 bits per heavy atom. The average Bonchev–Trinajstić information content (AvgIpc) is 2.40. The standard InChI is InChI=1S/C12H17NO.2C3H8.H2/c1-10(14)8-12(13-2)9-11-6-4-3-5-7-11;2*1-3-2;/h3-7,12-13H,8-9H2,1-2H3;2*3H2,1-2H3;1H/t12-;;;/m1.../s1. The lowest BCUT2D eigenvalue weighted by Crippen LogP contribution is -2.29. The maximum Gasteiger partial charge on any atom is 0.131 e. The van der Waals surface area contributed by atoms with E-state index in [-0.39, 0.29) is 13.3 Å². The predicted octanol–water partition coefficient (Wildman–Crippen LogP) is 4.87. The van der Waals surface area contributed by atoms with E-state index in [4.69, 9.17) is 0 Å². The minimum absolute atomic E-state index is 0. The van der Waals surface area contributed by atoms with Crippen molar-refractivity contribution in [3.8, 4) is 0 Å². The summed E-state index contributed by atoms with van der Waals surface area (Å²) in [4.78, 5) is 11.0. The molecule has 0 heterocycles. The van der Waals surface area contributed by atoms with Gasteiger partial charge in [0, 0.05) is 13.9 Å². The SMILES string of the molecule is CCC.CCC.CN[C@H](CC(C)=O)Cc1ccccc1.[HH]. The Bertz CT molecular complexity index is 312. The van der Waals surface area contributed by atoms with Crippen molar-refractivity contribution in [3.63, 3.8) is 0 Å². The van der Waals surface area contributed by atoms with Gasteiger partial charge in [-0.2, -0.15) is 0 Å². The molecule has 20 heavy (non-hydrogen) atoms. The van der Waals surface area contributed by atoms with Crippen molar-refractivity contribution in [2.45, 2.75) is 66.3 Å². The summed E-state index contributed by atoms with van der Waals surface area (Å²) in [5.74, 6) is 0.236. The smallest absolute Gasteiger partial charge is 0.131 e. The van der Waals surface area contributed by atoms with Crippen molar-refractivity contribution in [2.24, 2.45) is 0 Å². The summed E-state index contributed by atoms with van der Waals surface area (Å²) in [6.45, 7) is 10.1. The molecule has 2 heteroatoms. The highest BCUT2D eigenvalue weighted by Crippen LogP contribution is 2.05. The van der Waals surface area contributed by atoms with Crippen molar-refractivity contribution in [1.29, 1.82) is 0 Å². The Morgan fingerprint density at radius 1 is 1.10 bits per heavy atom. The van der Waals surface area contributed by atoms with Gasteiger partial charge in [0.1, 0.15) is 5.78 Å². The van der Waals surface area contributed by atoms with Gasteiger partial charge in [-0.25, -0.2) is 0 Å². The third kappa shape index (κ3) is 14.9. The van der Waals surface area contributed by atoms with Crippen molar-refractivity contribution in [3.05, 3.63) is 35.9 Å². The number of hydrogen-bond donors (Lipinski definition) is 1. The van der Waals surface area contributed by atoms with Crippen LogP contribution in [0, 0.1) is 0 Å². The maximum absolute atomic E-state index is 11.0. The zero-order valence-corrected chi connectivity index (χ0v) is 14.2. The van der Waals surface area contributed by atoms with Crippen LogP contribution >= 0.6 is 0 Å². The average molecular weight is 281 g/mol. The van der Waals surface area contributed by atoms with E-state index in [2.05, 4.69) is 45.1 Å². The molecule has 1 atom stereocenters. The summed E-state index contributed by atoms with van der Waals surface area (Å²) in [6, 6.07) is 10.5. The third-order valence-electron chi connectivity index (χ3n) is 2.27. The fraction of sp³-hybridized carbons (Fsp3) is 0.611. The number of carbonyl (C=O) groups excluding carboxylic acids is 1. The summed E-state index contributed by atoms with van der Waals surface area (Å²) in [5.41, 5.74) is 1.27. The van der Waals surface area contributed by atoms with Crippen LogP contribution in [0.3, 0.4) is 0 Å². The Morgan fingerprint density at radius 3 is 1.90 bits per heavy atom. The van der Waals surface area contributed by atoms with E-state index >= 15 is 0 Å². The van der Waals surface area contributed by atoms with Gasteiger partial charge in [0.05, 0.1) is 0 Å². The van der Waals surface area contributed by atoms with Gasteiger partial charge in [-0.05, 0) is 26.0 Å². The van der Waals surface area contributed by atoms with Crippen LogP contribution in [-0.4, -0.2) is 18.9 Å². The third-order valence-corrected chi connectivity index (χ3v) is 2.27. The molecule has 0 aliphatic heterocycles. The number of rotatable bonds is 5. The summed E-state index contributed by atoms with van der Waals surface area (Å²) >= 11 is 0. The summed E-state index contributed by atoms with van der Waals surface area (Å²) < 4.78 is 0. The van der Waals surface area contributed by atoms with E-state index in [1.807, 2.05) is 25.2 Å². The number of likely N-dealkylation sites (N-methyl/N-ethyl adjacent to an activating group) is 1. The second kappa shape index (κ2) is 15.9. The van der Waals surface area contributed by atoms with Gasteiger partial charge in [0.15, 0.2) is 0 Å². The summed E-state index contributed by atoms with van der Waals surface area (Å²) in [5, 5.41) is 3.16. The molecule has 0 spiro atoms. The zero-order chi connectivity index (χ0) is 15.8. The maximum atomic E-state index is 11.0. The largest absolute Gasteiger partial charge is 0.316 e. The number of ketones is 1. The first kappa shape index (κ1) is 21.2. The molecule has 0 bridgehead atoms. The topological polar surface area (TPSA) is 29.1 Å². The highest BCUT2D eigenvalue weighted by Gasteiger charge is 2.08. The molecule has 0 unspecified atom stereocenters. The van der Waals surface area contributed by atoms with Crippen LogP contribution in [-0.2, 0) is 11.2 Å². The lowest BCUT2D eigenvalue weighted by atomic mass is 10.0. The predicted molar refractivity (Wildman–Crippen MR) is 92.3 cm³/mol. The van der Waals surface area contributed by atoms with E-state index in [0.29, 0.717) is 6.42 Å². The molecule has 0 radical (unpaired) electrons. The van der Waals surface area contributed by atoms with Gasteiger partial charge >= 0.3 is 0 Å². The fourth-order valence-electron chi connectivity index (χ4n) is 1.52. The molecule has 0 saturated heterocycles. The normalized spacial score (nSPS) is 10.5. The molecule has 0 amide bonds. The van der Waals surface area contributed by atoms with Gasteiger partial charge < -0.3 is 5.32 Å². The fourth-order valence-corrected chi connectivity index (χ4v) is 1.52. The number of nitrogens with one attached hydrogen (secondary N) is 1. The van der Waals surface area contributed by atoms with Crippen LogP contribution in [0.25, 0.3) is 0 Å². The minimum Gasteiger partial charge on any atom is -0.316 e. The Balaban J connectivity index is -0.000000400. The molecule has 1 aromatic rings. The van der Waals surface area contributed by atoms with E-state index in [0.717, 1.165) is 6.42 Å². The summed E-state index contributed by atoms with van der Waals surface area (Å²) in [7, 11) is 1.90. The molecule has 2 nitrogen and oxygen atoms in total. The van der Waals surface area contributed by atoms with Crippen molar-refractivity contribution >= 4 is 5.78 Å². The molecule has 0 aliphatic carbocycles. The number of carbonyl (C=O) groups is 1. The molecule has 1 N–H and O–H groups in total. The van der Waals surface area contributed by atoms with Crippen LogP contribution in [0.5, 0.6) is 0 Å². The highest BCUT2D eigenvalue weighted by molar-refractivity contribution is 5.76. The first-order chi connectivity index (χ1) is 9.55. The quantitative estimate of drug-likeness (QED) is 0.834. The van der Waals surface area contributed by atoms with Crippen molar-refractivity contribution in [2.75, 3.05) is 7.05 Å². The summed E-state index contributed by atoms with van der Waals surface area (Å²) in [6.07, 6.45) is 4.02. The van der Waals surface area contributed by atoms with Crippen LogP contribution in [0.1, 0.15) is 60.9 Å². The van der Waals surface area contributed by atoms with Gasteiger partial charge in [-0.3, -0.25) is 4.79 Å². The Hall–Kier alpha value is -1.15. The van der Waals surface area contributed by atoms with E-state index in [1.165, 1.54) is 18.4 Å². The lowest BCUT2D eigenvalue weighted by Gasteiger charge is -2.14. The molecule has 0 aliphatic rings. The van der Waals surface area contributed by atoms with Crippen molar-refractivity contribution < 1.29 is 6.22 Å². The van der Waals surface area contributed by atoms with E-state index < -0.39 is 0 Å². The molecule has 118 valence electrons. The van der Waals surface area contributed by atoms with Gasteiger partial charge in [-0.15, -0.1) is 0 Å². The van der Waals surface area contributed by atoms with Crippen LogP contribution in [0.2, 0.25) is 0 Å². The van der Waals surface area contributed by atoms with Gasteiger partial charge in [-0.1, -0.05) is 70.9 Å². The zero-order valence-electron chi connectivity index (χ0n) is 14.2. The number of hydrogen-bond acceptors (Lipinski definition) is 2. The van der Waals surface area contributed by atoms with Crippen molar-refractivity contribution in [1.82, 2.24) is 5.32 Å². The number of benzene rings is 1. The second-order valence-electron chi connectivity index (χ2n) is 5.00. The van der Waals surface area contributed by atoms with Gasteiger partial charge in [0.25, 0.3) is 0 Å². The minimum atomic E-state index is 0. The Labute approximate surface area is 127 Å². The second-order valence-corrected chi connectivity index (χ2v) is 5.00. The Kier molecular flexibility index (Phi) is 16.8. The first-order valence-electron chi connectivity index (χ1n) is 7.76. The first-order valence-corrected chi connectivity index (χ1v) is 7.76. The molecule has 0 fully saturated rings. The highest BCUT2D eigenvalue weighted by atomic mass is 16.1. The van der Waals surface area contributed by atoms with Crippen LogP contribution in [0.4, 0.5) is 0 Å². The monoisotopic (exact) mass is 281 g/mol. The molecule has 0 aromatic heterocycles. The van der Waals surface area contributed by atoms with Crippen LogP contribution < -0.4 is 5.32 Å².